The molecular weight excluding hydrogens is 198 g/mol. The second-order valence-corrected chi connectivity index (χ2v) is 4.05. The number of hydrogen-bond donors (Lipinski definition) is 1. The average molecular weight is 215 g/mol. The van der Waals surface area contributed by atoms with Gasteiger partial charge in [-0.25, -0.2) is 0 Å². The van der Waals surface area contributed by atoms with Crippen molar-refractivity contribution < 1.29 is 4.42 Å². The molecule has 2 N–H and O–H groups in total. The molecule has 0 saturated heterocycles. The molecule has 2 nitrogen and oxygen atoms in total. The van der Waals surface area contributed by atoms with E-state index in [4.69, 9.17) is 10.2 Å². The first-order valence-electron chi connectivity index (χ1n) is 5.66. The number of benzene rings is 1. The summed E-state index contributed by atoms with van der Waals surface area (Å²) in [6, 6.07) is 14.2. The van der Waals surface area contributed by atoms with E-state index in [1.807, 2.05) is 30.3 Å². The Labute approximate surface area is 96.1 Å². The second-order valence-electron chi connectivity index (χ2n) is 4.05. The van der Waals surface area contributed by atoms with Crippen LogP contribution in [0.5, 0.6) is 0 Å². The second kappa shape index (κ2) is 4.99. The molecule has 1 heterocycles. The third-order valence-electron chi connectivity index (χ3n) is 2.77. The highest BCUT2D eigenvalue weighted by atomic mass is 16.3. The minimum atomic E-state index is 0.391. The molecule has 0 saturated carbocycles. The Hall–Kier alpha value is -1.54. The highest BCUT2D eigenvalue weighted by Gasteiger charge is 2.10. The Bertz CT molecular complexity index is 433. The number of nitrogens with two attached hydrogens (primary N) is 1. The van der Waals surface area contributed by atoms with E-state index >= 15 is 0 Å². The molecule has 2 rings (SSSR count). The highest BCUT2D eigenvalue weighted by molar-refractivity contribution is 5.57. The quantitative estimate of drug-likeness (QED) is 0.849. The molecule has 0 aliphatic heterocycles. The minimum absolute atomic E-state index is 0.391. The van der Waals surface area contributed by atoms with Crippen LogP contribution < -0.4 is 5.73 Å². The summed E-state index contributed by atoms with van der Waals surface area (Å²) >= 11 is 0. The Morgan fingerprint density at radius 2 is 1.88 bits per heavy atom. The first kappa shape index (κ1) is 11.0. The van der Waals surface area contributed by atoms with Gasteiger partial charge in [-0.05, 0) is 25.1 Å². The lowest BCUT2D eigenvalue weighted by molar-refractivity contribution is 0.474. The molecule has 84 valence electrons. The lowest BCUT2D eigenvalue weighted by Gasteiger charge is -2.05. The van der Waals surface area contributed by atoms with E-state index in [2.05, 4.69) is 19.1 Å². The van der Waals surface area contributed by atoms with E-state index in [0.717, 1.165) is 23.5 Å². The largest absolute Gasteiger partial charge is 0.461 e. The van der Waals surface area contributed by atoms with Crippen LogP contribution in [0.3, 0.4) is 0 Å². The van der Waals surface area contributed by atoms with Gasteiger partial charge >= 0.3 is 0 Å². The molecule has 0 amide bonds. The first-order chi connectivity index (χ1) is 7.81. The van der Waals surface area contributed by atoms with Gasteiger partial charge in [-0.15, -0.1) is 0 Å². The van der Waals surface area contributed by atoms with Crippen LogP contribution in [0.4, 0.5) is 0 Å². The third-order valence-corrected chi connectivity index (χ3v) is 2.77. The van der Waals surface area contributed by atoms with Gasteiger partial charge in [0.25, 0.3) is 0 Å². The van der Waals surface area contributed by atoms with Crippen LogP contribution in [0, 0.1) is 0 Å². The predicted octanol–water partition coefficient (Wildman–Crippen LogP) is 3.40. The molecule has 0 aliphatic carbocycles. The molecule has 1 aromatic carbocycles. The number of furan rings is 1. The lowest BCUT2D eigenvalue weighted by Crippen LogP contribution is -2.03. The van der Waals surface area contributed by atoms with Crippen molar-refractivity contribution in [2.24, 2.45) is 5.73 Å². The topological polar surface area (TPSA) is 39.2 Å². The van der Waals surface area contributed by atoms with E-state index < -0.39 is 0 Å². The normalized spacial score (nSPS) is 12.6. The Morgan fingerprint density at radius 3 is 2.56 bits per heavy atom. The zero-order valence-corrected chi connectivity index (χ0v) is 9.52. The van der Waals surface area contributed by atoms with Crippen LogP contribution in [-0.2, 0) is 0 Å². The Morgan fingerprint density at radius 1 is 1.12 bits per heavy atom. The van der Waals surface area contributed by atoms with Crippen molar-refractivity contribution in [1.82, 2.24) is 0 Å². The molecule has 0 bridgehead atoms. The van der Waals surface area contributed by atoms with E-state index in [1.54, 1.807) is 0 Å². The van der Waals surface area contributed by atoms with Crippen molar-refractivity contribution in [3.8, 4) is 11.3 Å². The number of hydrogen-bond acceptors (Lipinski definition) is 2. The summed E-state index contributed by atoms with van der Waals surface area (Å²) in [6.45, 7) is 2.84. The van der Waals surface area contributed by atoms with Crippen molar-refractivity contribution in [1.29, 1.82) is 0 Å². The zero-order chi connectivity index (χ0) is 11.4. The molecule has 0 aliphatic rings. The van der Waals surface area contributed by atoms with Crippen LogP contribution in [0.15, 0.2) is 46.9 Å². The van der Waals surface area contributed by atoms with Crippen LogP contribution in [0.1, 0.15) is 25.0 Å². The fraction of sp³-hybridized carbons (Fsp3) is 0.286. The summed E-state index contributed by atoms with van der Waals surface area (Å²) in [7, 11) is 0. The maximum atomic E-state index is 5.83. The zero-order valence-electron chi connectivity index (χ0n) is 9.52. The Balaban J connectivity index is 2.20. The van der Waals surface area contributed by atoms with Crippen LogP contribution in [-0.4, -0.2) is 6.54 Å². The van der Waals surface area contributed by atoms with Crippen molar-refractivity contribution >= 4 is 0 Å². The first-order valence-corrected chi connectivity index (χ1v) is 5.66. The van der Waals surface area contributed by atoms with Crippen molar-refractivity contribution in [2.75, 3.05) is 6.54 Å². The maximum Gasteiger partial charge on any atom is 0.134 e. The molecule has 1 aromatic heterocycles. The third kappa shape index (κ3) is 2.34. The van der Waals surface area contributed by atoms with Gasteiger partial charge in [0.1, 0.15) is 11.5 Å². The van der Waals surface area contributed by atoms with E-state index in [0.29, 0.717) is 12.5 Å². The van der Waals surface area contributed by atoms with Gasteiger partial charge in [0.2, 0.25) is 0 Å². The van der Waals surface area contributed by atoms with Crippen molar-refractivity contribution in [3.63, 3.8) is 0 Å². The van der Waals surface area contributed by atoms with Gasteiger partial charge in [0.15, 0.2) is 0 Å². The maximum absolute atomic E-state index is 5.83. The van der Waals surface area contributed by atoms with Gasteiger partial charge < -0.3 is 10.2 Å². The summed E-state index contributed by atoms with van der Waals surface area (Å²) in [6.07, 6.45) is 0.960. The predicted molar refractivity (Wildman–Crippen MR) is 66.2 cm³/mol. The van der Waals surface area contributed by atoms with Crippen molar-refractivity contribution in [2.45, 2.75) is 19.3 Å². The number of rotatable bonds is 4. The van der Waals surface area contributed by atoms with Gasteiger partial charge in [0.05, 0.1) is 0 Å². The molecule has 2 aromatic rings. The van der Waals surface area contributed by atoms with Crippen LogP contribution >= 0.6 is 0 Å². The smallest absolute Gasteiger partial charge is 0.134 e. The summed E-state index contributed by atoms with van der Waals surface area (Å²) in [4.78, 5) is 0. The van der Waals surface area contributed by atoms with E-state index in [1.165, 1.54) is 0 Å². The highest BCUT2D eigenvalue weighted by Crippen LogP contribution is 2.27. The Kier molecular flexibility index (Phi) is 3.42. The standard InChI is InChI=1S/C14H17NO/c1-11(9-10-15)13-7-8-14(16-13)12-5-3-2-4-6-12/h2-8,11H,9-10,15H2,1H3. The average Bonchev–Trinajstić information content (AvgIpc) is 2.80. The van der Waals surface area contributed by atoms with Gasteiger partial charge in [-0.2, -0.15) is 0 Å². The van der Waals surface area contributed by atoms with Crippen molar-refractivity contribution in [3.05, 3.63) is 48.2 Å². The molecule has 0 spiro atoms. The summed E-state index contributed by atoms with van der Waals surface area (Å²) in [5.41, 5.74) is 6.66. The summed E-state index contributed by atoms with van der Waals surface area (Å²) in [5.74, 6) is 2.34. The van der Waals surface area contributed by atoms with Gasteiger partial charge in [-0.3, -0.25) is 0 Å². The van der Waals surface area contributed by atoms with E-state index in [-0.39, 0.29) is 0 Å². The molecule has 0 radical (unpaired) electrons. The summed E-state index contributed by atoms with van der Waals surface area (Å²) in [5, 5.41) is 0. The minimum Gasteiger partial charge on any atom is -0.461 e. The monoisotopic (exact) mass is 215 g/mol. The van der Waals surface area contributed by atoms with Crippen LogP contribution in [0.2, 0.25) is 0 Å². The molecule has 16 heavy (non-hydrogen) atoms. The fourth-order valence-electron chi connectivity index (χ4n) is 1.77. The SMILES string of the molecule is CC(CCN)c1ccc(-c2ccccc2)o1. The summed E-state index contributed by atoms with van der Waals surface area (Å²) < 4.78 is 5.83. The lowest BCUT2D eigenvalue weighted by atomic mass is 10.1. The van der Waals surface area contributed by atoms with Crippen LogP contribution in [0.25, 0.3) is 11.3 Å². The van der Waals surface area contributed by atoms with E-state index in [9.17, 15) is 0 Å². The molecule has 0 fully saturated rings. The molecule has 1 unspecified atom stereocenters. The molecular formula is C14H17NO. The molecule has 2 heteroatoms. The van der Waals surface area contributed by atoms with Gasteiger partial charge in [-0.1, -0.05) is 37.3 Å². The molecule has 1 atom stereocenters. The van der Waals surface area contributed by atoms with Gasteiger partial charge in [0, 0.05) is 11.5 Å². The fourth-order valence-corrected chi connectivity index (χ4v) is 1.77.